The van der Waals surface area contributed by atoms with Crippen LogP contribution in [0.2, 0.25) is 5.02 Å². The van der Waals surface area contributed by atoms with E-state index in [2.05, 4.69) is 31.0 Å². The van der Waals surface area contributed by atoms with E-state index in [-0.39, 0.29) is 5.70 Å². The van der Waals surface area contributed by atoms with Crippen LogP contribution in [0.1, 0.15) is 18.4 Å². The van der Waals surface area contributed by atoms with Crippen molar-refractivity contribution in [1.82, 2.24) is 29.8 Å². The molecule has 1 aliphatic carbocycles. The van der Waals surface area contributed by atoms with Crippen molar-refractivity contribution >= 4 is 52.6 Å². The molecule has 0 atom stereocenters. The number of hydrogen-bond acceptors (Lipinski definition) is 8. The fourth-order valence-corrected chi connectivity index (χ4v) is 3.32. The zero-order chi connectivity index (χ0) is 21.5. The van der Waals surface area contributed by atoms with Gasteiger partial charge in [-0.25, -0.2) is 14.7 Å². The highest BCUT2D eigenvalue weighted by Crippen LogP contribution is 2.30. The van der Waals surface area contributed by atoms with E-state index >= 15 is 0 Å². The molecule has 0 unspecified atom stereocenters. The maximum absolute atomic E-state index is 12.3. The number of carbonyl (C=O) groups is 2. The van der Waals surface area contributed by atoms with Gasteiger partial charge in [0.2, 0.25) is 0 Å². The van der Waals surface area contributed by atoms with Crippen molar-refractivity contribution in [1.29, 1.82) is 0 Å². The number of anilines is 3. The molecule has 31 heavy (non-hydrogen) atoms. The third-order valence-corrected chi connectivity index (χ3v) is 5.17. The van der Waals surface area contributed by atoms with Gasteiger partial charge in [-0.3, -0.25) is 9.78 Å². The second-order valence-corrected chi connectivity index (χ2v) is 7.53. The summed E-state index contributed by atoms with van der Waals surface area (Å²) >= 11 is 6.21. The lowest BCUT2D eigenvalue weighted by Gasteiger charge is -2.12. The molecule has 0 spiro atoms. The minimum atomic E-state index is -0.703. The summed E-state index contributed by atoms with van der Waals surface area (Å²) in [5.41, 5.74) is 1.66. The predicted octanol–water partition coefficient (Wildman–Crippen LogP) is 1.94. The van der Waals surface area contributed by atoms with Crippen LogP contribution < -0.4 is 16.0 Å². The molecule has 3 aromatic rings. The van der Waals surface area contributed by atoms with Crippen molar-refractivity contribution in [3.8, 4) is 0 Å². The molecule has 158 valence electrons. The van der Waals surface area contributed by atoms with E-state index in [1.807, 2.05) is 6.07 Å². The van der Waals surface area contributed by atoms with Crippen molar-refractivity contribution in [3.05, 3.63) is 47.0 Å². The van der Waals surface area contributed by atoms with Crippen molar-refractivity contribution in [3.63, 3.8) is 0 Å². The van der Waals surface area contributed by atoms with Gasteiger partial charge in [0.1, 0.15) is 24.1 Å². The summed E-state index contributed by atoms with van der Waals surface area (Å²) in [6.45, 7) is -0.703. The molecule has 5 rings (SSSR count). The van der Waals surface area contributed by atoms with Gasteiger partial charge >= 0.3 is 6.03 Å². The Hall–Kier alpha value is -3.70. The van der Waals surface area contributed by atoms with E-state index in [0.29, 0.717) is 38.7 Å². The van der Waals surface area contributed by atoms with E-state index in [0.717, 1.165) is 18.7 Å². The van der Waals surface area contributed by atoms with Crippen LogP contribution in [0.15, 0.2) is 36.4 Å². The lowest BCUT2D eigenvalue weighted by molar-refractivity contribution is -0.125. The van der Waals surface area contributed by atoms with E-state index < -0.39 is 18.7 Å². The summed E-state index contributed by atoms with van der Waals surface area (Å²) in [5.74, 6) is 0.618. The third kappa shape index (κ3) is 3.64. The number of rotatable bonds is 6. The molecule has 0 aromatic carbocycles. The fourth-order valence-electron chi connectivity index (χ4n) is 3.16. The summed E-state index contributed by atoms with van der Waals surface area (Å²) in [4.78, 5) is 33.4. The third-order valence-electron chi connectivity index (χ3n) is 4.87. The Morgan fingerprint density at radius 2 is 2.16 bits per heavy atom. The standard InChI is InChI=1S/C19H17ClN8O3/c20-12-8-21-4-3-13(12)24-15-6-16(23-11-1-2-11)28-17(26-15)10(7-22-28)5-14-18(30)27(9-29)19(31)25-14/h3-8,11,23,29H,1-2,9H2,(H,25,31)(H,21,24,26). The van der Waals surface area contributed by atoms with E-state index in [1.165, 1.54) is 12.3 Å². The lowest BCUT2D eigenvalue weighted by Crippen LogP contribution is -2.31. The molecule has 0 bridgehead atoms. The number of hydrogen-bond donors (Lipinski definition) is 4. The highest BCUT2D eigenvalue weighted by molar-refractivity contribution is 6.33. The second-order valence-electron chi connectivity index (χ2n) is 7.12. The van der Waals surface area contributed by atoms with E-state index in [4.69, 9.17) is 11.6 Å². The van der Waals surface area contributed by atoms with Gasteiger partial charge < -0.3 is 21.1 Å². The van der Waals surface area contributed by atoms with Crippen LogP contribution in [0.25, 0.3) is 11.7 Å². The molecule has 1 saturated carbocycles. The molecule has 1 aliphatic heterocycles. The van der Waals surface area contributed by atoms with Crippen molar-refractivity contribution in [2.24, 2.45) is 0 Å². The number of aliphatic hydroxyl groups is 1. The van der Waals surface area contributed by atoms with Crippen LogP contribution in [-0.4, -0.2) is 54.3 Å². The molecule has 1 saturated heterocycles. The highest BCUT2D eigenvalue weighted by Gasteiger charge is 2.33. The van der Waals surface area contributed by atoms with Crippen LogP contribution in [-0.2, 0) is 4.79 Å². The predicted molar refractivity (Wildman–Crippen MR) is 113 cm³/mol. The summed E-state index contributed by atoms with van der Waals surface area (Å²) in [6, 6.07) is 3.23. The van der Waals surface area contributed by atoms with Gasteiger partial charge in [-0.05, 0) is 25.0 Å². The summed E-state index contributed by atoms with van der Waals surface area (Å²) in [6.07, 6.45) is 8.32. The Morgan fingerprint density at radius 1 is 1.32 bits per heavy atom. The molecule has 3 aromatic heterocycles. The number of imide groups is 1. The first-order chi connectivity index (χ1) is 15.0. The first-order valence-electron chi connectivity index (χ1n) is 9.51. The number of fused-ring (bicyclic) bond motifs is 1. The summed E-state index contributed by atoms with van der Waals surface area (Å²) in [7, 11) is 0. The Morgan fingerprint density at radius 3 is 2.87 bits per heavy atom. The van der Waals surface area contributed by atoms with Crippen LogP contribution in [0, 0.1) is 0 Å². The molecule has 11 nitrogen and oxygen atoms in total. The van der Waals surface area contributed by atoms with Crippen LogP contribution in [0.4, 0.5) is 22.1 Å². The quantitative estimate of drug-likeness (QED) is 0.337. The number of aromatic nitrogens is 4. The average molecular weight is 441 g/mol. The van der Waals surface area contributed by atoms with Gasteiger partial charge in [-0.15, -0.1) is 0 Å². The van der Waals surface area contributed by atoms with Gasteiger partial charge in [0.05, 0.1) is 16.9 Å². The maximum atomic E-state index is 12.3. The smallest absolute Gasteiger partial charge is 0.330 e. The first kappa shape index (κ1) is 19.3. The van der Waals surface area contributed by atoms with Gasteiger partial charge in [-0.2, -0.15) is 9.61 Å². The van der Waals surface area contributed by atoms with Gasteiger partial charge in [-0.1, -0.05) is 11.6 Å². The number of carbonyl (C=O) groups excluding carboxylic acids is 2. The lowest BCUT2D eigenvalue weighted by atomic mass is 10.2. The number of nitrogens with zero attached hydrogens (tertiary/aromatic N) is 5. The highest BCUT2D eigenvalue weighted by atomic mass is 35.5. The largest absolute Gasteiger partial charge is 0.376 e. The van der Waals surface area contributed by atoms with Crippen LogP contribution in [0.3, 0.4) is 0 Å². The van der Waals surface area contributed by atoms with E-state index in [1.54, 1.807) is 23.0 Å². The minimum Gasteiger partial charge on any atom is -0.376 e. The van der Waals surface area contributed by atoms with Crippen LogP contribution >= 0.6 is 11.6 Å². The molecular weight excluding hydrogens is 424 g/mol. The monoisotopic (exact) mass is 440 g/mol. The first-order valence-corrected chi connectivity index (χ1v) is 9.88. The second kappa shape index (κ2) is 7.52. The van der Waals surface area contributed by atoms with E-state index in [9.17, 15) is 14.7 Å². The molecule has 2 aliphatic rings. The SMILES string of the molecule is O=C1NC(=Cc2cnn3c(NC4CC4)cc(Nc4ccncc4Cl)nc23)C(=O)N1CO. The maximum Gasteiger partial charge on any atom is 0.330 e. The van der Waals surface area contributed by atoms with Crippen molar-refractivity contribution in [2.45, 2.75) is 18.9 Å². The van der Waals surface area contributed by atoms with Gasteiger partial charge in [0, 0.05) is 30.1 Å². The molecule has 4 N–H and O–H groups in total. The fraction of sp³-hybridized carbons (Fsp3) is 0.211. The van der Waals surface area contributed by atoms with Gasteiger partial charge in [0.15, 0.2) is 5.65 Å². The zero-order valence-electron chi connectivity index (χ0n) is 16.0. The Balaban J connectivity index is 1.57. The molecule has 2 fully saturated rings. The van der Waals surface area contributed by atoms with Crippen LogP contribution in [0.5, 0.6) is 0 Å². The molecular formula is C19H17ClN8O3. The number of pyridine rings is 1. The van der Waals surface area contributed by atoms with Crippen molar-refractivity contribution < 1.29 is 14.7 Å². The molecule has 3 amide bonds. The normalized spacial score (nSPS) is 17.5. The number of halogens is 1. The summed E-state index contributed by atoms with van der Waals surface area (Å²) in [5, 5.41) is 23.1. The number of urea groups is 1. The molecule has 0 radical (unpaired) electrons. The Bertz CT molecular complexity index is 1240. The van der Waals surface area contributed by atoms with Gasteiger partial charge in [0.25, 0.3) is 5.91 Å². The number of aliphatic hydroxyl groups excluding tert-OH is 1. The topological polar surface area (TPSA) is 137 Å². The molecule has 4 heterocycles. The average Bonchev–Trinajstić information content (AvgIpc) is 3.41. The number of amides is 3. The Kier molecular flexibility index (Phi) is 4.68. The number of nitrogens with one attached hydrogen (secondary N) is 3. The Labute approximate surface area is 180 Å². The molecule has 12 heteroatoms. The van der Waals surface area contributed by atoms with Crippen molar-refractivity contribution in [2.75, 3.05) is 17.4 Å². The zero-order valence-corrected chi connectivity index (χ0v) is 16.8. The minimum absolute atomic E-state index is 0.0305. The summed E-state index contributed by atoms with van der Waals surface area (Å²) < 4.78 is 1.63.